The van der Waals surface area contributed by atoms with Crippen LogP contribution in [0.2, 0.25) is 0 Å². The number of hydrogen-bond acceptors (Lipinski definition) is 3. The van der Waals surface area contributed by atoms with Crippen LogP contribution in [-0.2, 0) is 9.59 Å². The van der Waals surface area contributed by atoms with Crippen LogP contribution in [0.4, 0.5) is 5.69 Å². The first-order valence-electron chi connectivity index (χ1n) is 7.36. The Morgan fingerprint density at radius 3 is 2.81 bits per heavy atom. The summed E-state index contributed by atoms with van der Waals surface area (Å²) in [4.78, 5) is 23.3. The van der Waals surface area contributed by atoms with Crippen LogP contribution < -0.4 is 10.1 Å². The van der Waals surface area contributed by atoms with E-state index in [0.29, 0.717) is 30.9 Å². The summed E-state index contributed by atoms with van der Waals surface area (Å²) in [6, 6.07) is 7.23. The predicted molar refractivity (Wildman–Crippen MR) is 79.3 cm³/mol. The number of benzene rings is 1. The molecule has 1 fully saturated rings. The number of carboxylic acid groups (broad SMARTS) is 1. The highest BCUT2D eigenvalue weighted by Crippen LogP contribution is 2.30. The third-order valence-electron chi connectivity index (χ3n) is 3.81. The summed E-state index contributed by atoms with van der Waals surface area (Å²) in [6.45, 7) is 2.47. The van der Waals surface area contributed by atoms with E-state index in [1.807, 2.05) is 19.1 Å². The van der Waals surface area contributed by atoms with Gasteiger partial charge in [0.05, 0.1) is 12.5 Å². The fraction of sp³-hybridized carbons (Fsp3) is 0.500. The lowest BCUT2D eigenvalue weighted by Crippen LogP contribution is -2.30. The number of nitrogens with one attached hydrogen (secondary N) is 1. The summed E-state index contributed by atoms with van der Waals surface area (Å²) in [5, 5.41) is 11.9. The van der Waals surface area contributed by atoms with E-state index < -0.39 is 11.9 Å². The van der Waals surface area contributed by atoms with Gasteiger partial charge in [0.1, 0.15) is 5.75 Å². The molecular weight excluding hydrogens is 270 g/mol. The predicted octanol–water partition coefficient (Wildman–Crippen LogP) is 2.91. The molecule has 2 unspecified atom stereocenters. The largest absolute Gasteiger partial charge is 0.494 e. The maximum absolute atomic E-state index is 12.3. The van der Waals surface area contributed by atoms with Crippen molar-refractivity contribution in [3.8, 4) is 5.75 Å². The van der Waals surface area contributed by atoms with Crippen molar-refractivity contribution in [1.29, 1.82) is 0 Å². The summed E-state index contributed by atoms with van der Waals surface area (Å²) >= 11 is 0. The minimum absolute atomic E-state index is 0.102. The maximum atomic E-state index is 12.3. The van der Waals surface area contributed by atoms with Crippen LogP contribution in [0.3, 0.4) is 0 Å². The fourth-order valence-corrected chi connectivity index (χ4v) is 2.73. The number of carbonyl (C=O) groups is 2. The molecule has 2 rings (SSSR count). The molecule has 1 aromatic rings. The lowest BCUT2D eigenvalue weighted by atomic mass is 9.81. The Morgan fingerprint density at radius 2 is 2.10 bits per heavy atom. The smallest absolute Gasteiger partial charge is 0.306 e. The van der Waals surface area contributed by atoms with Crippen molar-refractivity contribution in [2.45, 2.75) is 32.6 Å². The van der Waals surface area contributed by atoms with Crippen LogP contribution in [0.1, 0.15) is 32.6 Å². The zero-order chi connectivity index (χ0) is 15.2. The lowest BCUT2D eigenvalue weighted by molar-refractivity contribution is -0.143. The Labute approximate surface area is 124 Å². The summed E-state index contributed by atoms with van der Waals surface area (Å²) in [5.74, 6) is -0.817. The Balaban J connectivity index is 1.97. The van der Waals surface area contributed by atoms with Gasteiger partial charge in [0.2, 0.25) is 5.91 Å². The number of amides is 1. The minimum Gasteiger partial charge on any atom is -0.494 e. The highest BCUT2D eigenvalue weighted by atomic mass is 16.5. The molecular formula is C16H21NO4. The average molecular weight is 291 g/mol. The summed E-state index contributed by atoms with van der Waals surface area (Å²) < 4.78 is 5.39. The number of hydrogen-bond donors (Lipinski definition) is 2. The third-order valence-corrected chi connectivity index (χ3v) is 3.81. The fourth-order valence-electron chi connectivity index (χ4n) is 2.73. The van der Waals surface area contributed by atoms with Gasteiger partial charge in [0.25, 0.3) is 0 Å². The maximum Gasteiger partial charge on any atom is 0.306 e. The summed E-state index contributed by atoms with van der Waals surface area (Å²) in [5.41, 5.74) is 0.684. The molecule has 0 aliphatic heterocycles. The first-order chi connectivity index (χ1) is 10.1. The first-order valence-corrected chi connectivity index (χ1v) is 7.36. The molecule has 2 atom stereocenters. The molecule has 0 bridgehead atoms. The number of rotatable bonds is 5. The zero-order valence-corrected chi connectivity index (χ0v) is 12.2. The number of anilines is 1. The summed E-state index contributed by atoms with van der Waals surface area (Å²) in [6.07, 6.45) is 2.63. The van der Waals surface area contributed by atoms with Crippen LogP contribution >= 0.6 is 0 Å². The van der Waals surface area contributed by atoms with Crippen molar-refractivity contribution < 1.29 is 19.4 Å². The van der Waals surface area contributed by atoms with Gasteiger partial charge in [-0.25, -0.2) is 0 Å². The van der Waals surface area contributed by atoms with Crippen LogP contribution in [0.5, 0.6) is 5.75 Å². The molecule has 21 heavy (non-hydrogen) atoms. The van der Waals surface area contributed by atoms with Gasteiger partial charge in [0.15, 0.2) is 0 Å². The molecule has 1 aromatic carbocycles. The topological polar surface area (TPSA) is 75.6 Å². The third kappa shape index (κ3) is 4.21. The van der Waals surface area contributed by atoms with Crippen molar-refractivity contribution in [2.75, 3.05) is 11.9 Å². The Kier molecular flexibility index (Phi) is 5.20. The normalized spacial score (nSPS) is 21.6. The minimum atomic E-state index is -0.800. The monoisotopic (exact) mass is 291 g/mol. The molecule has 1 aliphatic rings. The molecule has 5 nitrogen and oxygen atoms in total. The molecule has 114 valence electrons. The van der Waals surface area contributed by atoms with Gasteiger partial charge in [-0.3, -0.25) is 9.59 Å². The van der Waals surface area contributed by atoms with E-state index in [0.717, 1.165) is 12.8 Å². The van der Waals surface area contributed by atoms with Crippen molar-refractivity contribution in [3.05, 3.63) is 24.3 Å². The molecule has 5 heteroatoms. The summed E-state index contributed by atoms with van der Waals surface area (Å²) in [7, 11) is 0. The van der Waals surface area contributed by atoms with Gasteiger partial charge in [-0.15, -0.1) is 0 Å². The number of ether oxygens (including phenoxy) is 1. The Bertz CT molecular complexity index is 515. The number of aliphatic carboxylic acids is 1. The standard InChI is InChI=1S/C16H21NO4/c1-2-21-14-8-4-7-13(10-14)17-15(18)11-5-3-6-12(9-11)16(19)20/h4,7-8,10-12H,2-3,5-6,9H2,1H3,(H,17,18)(H,19,20). The second-order valence-corrected chi connectivity index (χ2v) is 5.35. The van der Waals surface area contributed by atoms with Gasteiger partial charge in [-0.05, 0) is 38.3 Å². The van der Waals surface area contributed by atoms with Gasteiger partial charge in [0, 0.05) is 17.7 Å². The highest BCUT2D eigenvalue weighted by molar-refractivity contribution is 5.93. The lowest BCUT2D eigenvalue weighted by Gasteiger charge is -2.25. The first kappa shape index (κ1) is 15.4. The van der Waals surface area contributed by atoms with E-state index in [-0.39, 0.29) is 11.8 Å². The van der Waals surface area contributed by atoms with E-state index in [2.05, 4.69) is 5.32 Å². The van der Waals surface area contributed by atoms with Crippen LogP contribution in [0, 0.1) is 11.8 Å². The molecule has 2 N–H and O–H groups in total. The van der Waals surface area contributed by atoms with E-state index >= 15 is 0 Å². The van der Waals surface area contributed by atoms with Crippen molar-refractivity contribution in [2.24, 2.45) is 11.8 Å². The second-order valence-electron chi connectivity index (χ2n) is 5.35. The van der Waals surface area contributed by atoms with Crippen molar-refractivity contribution >= 4 is 17.6 Å². The molecule has 0 aromatic heterocycles. The second kappa shape index (κ2) is 7.11. The van der Waals surface area contributed by atoms with Crippen molar-refractivity contribution in [1.82, 2.24) is 0 Å². The molecule has 0 saturated heterocycles. The van der Waals surface area contributed by atoms with Crippen LogP contribution in [-0.4, -0.2) is 23.6 Å². The molecule has 0 spiro atoms. The Hall–Kier alpha value is -2.04. The Morgan fingerprint density at radius 1 is 1.33 bits per heavy atom. The van der Waals surface area contributed by atoms with Gasteiger partial charge < -0.3 is 15.2 Å². The highest BCUT2D eigenvalue weighted by Gasteiger charge is 2.31. The van der Waals surface area contributed by atoms with E-state index in [9.17, 15) is 9.59 Å². The van der Waals surface area contributed by atoms with Gasteiger partial charge in [-0.1, -0.05) is 12.5 Å². The van der Waals surface area contributed by atoms with Crippen LogP contribution in [0.15, 0.2) is 24.3 Å². The van der Waals surface area contributed by atoms with E-state index in [1.165, 1.54) is 0 Å². The molecule has 1 amide bonds. The molecule has 0 radical (unpaired) electrons. The molecule has 0 heterocycles. The zero-order valence-electron chi connectivity index (χ0n) is 12.2. The average Bonchev–Trinajstić information content (AvgIpc) is 2.48. The molecule has 1 aliphatic carbocycles. The van der Waals surface area contributed by atoms with E-state index in [4.69, 9.17) is 9.84 Å². The quantitative estimate of drug-likeness (QED) is 0.874. The number of carboxylic acids is 1. The molecule has 1 saturated carbocycles. The SMILES string of the molecule is CCOc1cccc(NC(=O)C2CCCC(C(=O)O)C2)c1. The van der Waals surface area contributed by atoms with Gasteiger partial charge in [-0.2, -0.15) is 0 Å². The van der Waals surface area contributed by atoms with Gasteiger partial charge >= 0.3 is 5.97 Å². The van der Waals surface area contributed by atoms with Crippen LogP contribution in [0.25, 0.3) is 0 Å². The van der Waals surface area contributed by atoms with E-state index in [1.54, 1.807) is 12.1 Å². The van der Waals surface area contributed by atoms with Crippen molar-refractivity contribution in [3.63, 3.8) is 0 Å². The number of carbonyl (C=O) groups excluding carboxylic acids is 1.